The van der Waals surface area contributed by atoms with Crippen molar-refractivity contribution in [3.05, 3.63) is 87.8 Å². The molecule has 0 fully saturated rings. The van der Waals surface area contributed by atoms with Gasteiger partial charge in [0, 0.05) is 35.6 Å². The van der Waals surface area contributed by atoms with E-state index in [9.17, 15) is 23.5 Å². The van der Waals surface area contributed by atoms with Gasteiger partial charge < -0.3 is 15.0 Å². The number of nitrogens with zero attached hydrogens (tertiary/aromatic N) is 2. The molecule has 0 saturated carbocycles. The number of fused-ring (bicyclic) bond motifs is 1. The van der Waals surface area contributed by atoms with Gasteiger partial charge in [0.25, 0.3) is 11.7 Å². The molecule has 162 valence electrons. The fourth-order valence-corrected chi connectivity index (χ4v) is 3.76. The molecule has 0 radical (unpaired) electrons. The molecule has 4 rings (SSSR count). The average Bonchev–Trinajstić information content (AvgIpc) is 3.12. The minimum absolute atomic E-state index is 0.0293. The molecule has 2 N–H and O–H groups in total. The van der Waals surface area contributed by atoms with E-state index in [2.05, 4.69) is 10.3 Å². The van der Waals surface area contributed by atoms with E-state index in [1.165, 1.54) is 41.4 Å². The number of pyridine rings is 1. The molecule has 1 amide bonds. The number of phenolic OH excluding ortho intramolecular Hbond substituents is 1. The fraction of sp³-hybridized carbons (Fsp3) is 0.0455. The standard InChI is InChI=1S/C22H13Cl2F2N3O3/c23-15-7-27-8-16(24)19(15)28-22(32)21(31)14-10-29(20-13(14)2-1-3-18(20)30)9-11-4-5-12(25)6-17(11)26/h1-8,10,30H,9H2,(H,27,28,32). The van der Waals surface area contributed by atoms with Crippen LogP contribution in [0.5, 0.6) is 5.75 Å². The number of benzene rings is 2. The second-order valence-corrected chi connectivity index (χ2v) is 7.66. The zero-order valence-electron chi connectivity index (χ0n) is 16.1. The first-order chi connectivity index (χ1) is 15.3. The monoisotopic (exact) mass is 475 g/mol. The van der Waals surface area contributed by atoms with Crippen molar-refractivity contribution >= 4 is 51.5 Å². The zero-order valence-corrected chi connectivity index (χ0v) is 17.6. The summed E-state index contributed by atoms with van der Waals surface area (Å²) in [4.78, 5) is 29.4. The van der Waals surface area contributed by atoms with Crippen molar-refractivity contribution in [3.63, 3.8) is 0 Å². The molecule has 2 aromatic heterocycles. The van der Waals surface area contributed by atoms with E-state index in [1.54, 1.807) is 6.07 Å². The van der Waals surface area contributed by atoms with Crippen molar-refractivity contribution in [2.24, 2.45) is 0 Å². The minimum Gasteiger partial charge on any atom is -0.506 e. The smallest absolute Gasteiger partial charge is 0.296 e. The Morgan fingerprint density at radius 2 is 1.81 bits per heavy atom. The lowest BCUT2D eigenvalue weighted by Gasteiger charge is -2.08. The van der Waals surface area contributed by atoms with E-state index in [0.717, 1.165) is 12.1 Å². The van der Waals surface area contributed by atoms with Crippen LogP contribution in [0.4, 0.5) is 14.5 Å². The Balaban J connectivity index is 1.74. The molecule has 2 aromatic carbocycles. The van der Waals surface area contributed by atoms with Gasteiger partial charge in [-0.2, -0.15) is 0 Å². The Kier molecular flexibility index (Phi) is 5.82. The second kappa shape index (κ2) is 8.57. The Morgan fingerprint density at radius 3 is 2.50 bits per heavy atom. The summed E-state index contributed by atoms with van der Waals surface area (Å²) in [5.41, 5.74) is 0.344. The van der Waals surface area contributed by atoms with Gasteiger partial charge in [0.05, 0.1) is 33.4 Å². The quantitative estimate of drug-likeness (QED) is 0.307. The maximum absolute atomic E-state index is 14.2. The first-order valence-corrected chi connectivity index (χ1v) is 9.91. The summed E-state index contributed by atoms with van der Waals surface area (Å²) >= 11 is 12.0. The highest BCUT2D eigenvalue weighted by Crippen LogP contribution is 2.32. The number of Topliss-reactive ketones (excluding diaryl/α,β-unsaturated/α-hetero) is 1. The van der Waals surface area contributed by atoms with Crippen LogP contribution >= 0.6 is 23.2 Å². The van der Waals surface area contributed by atoms with Gasteiger partial charge in [0.1, 0.15) is 17.4 Å². The van der Waals surface area contributed by atoms with Crippen LogP contribution in [0.2, 0.25) is 10.0 Å². The number of hydrogen-bond acceptors (Lipinski definition) is 4. The molecule has 6 nitrogen and oxygen atoms in total. The SMILES string of the molecule is O=C(Nc1c(Cl)cncc1Cl)C(=O)c1cn(Cc2ccc(F)cc2F)c2c(O)cccc12. The van der Waals surface area contributed by atoms with Crippen LogP contribution in [0, 0.1) is 11.6 Å². The van der Waals surface area contributed by atoms with Gasteiger partial charge in [-0.1, -0.05) is 41.4 Å². The molecule has 2 heterocycles. The second-order valence-electron chi connectivity index (χ2n) is 6.84. The largest absolute Gasteiger partial charge is 0.506 e. The summed E-state index contributed by atoms with van der Waals surface area (Å²) in [6, 6.07) is 7.54. The van der Waals surface area contributed by atoms with Crippen molar-refractivity contribution in [2.75, 3.05) is 5.32 Å². The lowest BCUT2D eigenvalue weighted by Crippen LogP contribution is -2.23. The van der Waals surface area contributed by atoms with Gasteiger partial charge in [-0.15, -0.1) is 0 Å². The van der Waals surface area contributed by atoms with E-state index < -0.39 is 23.3 Å². The molecule has 0 unspecified atom stereocenters. The number of amides is 1. The van der Waals surface area contributed by atoms with Gasteiger partial charge in [-0.3, -0.25) is 14.6 Å². The predicted octanol–water partition coefficient (Wildman–Crippen LogP) is 5.20. The number of phenols is 1. The third-order valence-corrected chi connectivity index (χ3v) is 5.35. The third kappa shape index (κ3) is 4.02. The lowest BCUT2D eigenvalue weighted by molar-refractivity contribution is -0.112. The van der Waals surface area contributed by atoms with E-state index in [-0.39, 0.29) is 50.1 Å². The van der Waals surface area contributed by atoms with Gasteiger partial charge >= 0.3 is 0 Å². The number of ketones is 1. The van der Waals surface area contributed by atoms with Crippen LogP contribution in [0.1, 0.15) is 15.9 Å². The van der Waals surface area contributed by atoms with Crippen molar-refractivity contribution in [3.8, 4) is 5.75 Å². The number of rotatable bonds is 5. The Labute approximate surface area is 190 Å². The first-order valence-electron chi connectivity index (χ1n) is 9.15. The molecule has 4 aromatic rings. The molecule has 10 heteroatoms. The average molecular weight is 476 g/mol. The number of nitrogens with one attached hydrogen (secondary N) is 1. The van der Waals surface area contributed by atoms with Crippen molar-refractivity contribution in [2.45, 2.75) is 6.54 Å². The molecule has 0 aliphatic rings. The third-order valence-electron chi connectivity index (χ3n) is 4.78. The molecule has 0 aliphatic carbocycles. The van der Waals surface area contributed by atoms with Crippen molar-refractivity contribution in [1.82, 2.24) is 9.55 Å². The Morgan fingerprint density at radius 1 is 1.09 bits per heavy atom. The first kappa shape index (κ1) is 21.7. The predicted molar refractivity (Wildman–Crippen MR) is 116 cm³/mol. The van der Waals surface area contributed by atoms with Gasteiger partial charge in [0.15, 0.2) is 0 Å². The topological polar surface area (TPSA) is 84.2 Å². The molecule has 32 heavy (non-hydrogen) atoms. The Bertz CT molecular complexity index is 1370. The molecule has 0 saturated heterocycles. The molecule has 0 bridgehead atoms. The van der Waals surface area contributed by atoms with Gasteiger partial charge in [0.2, 0.25) is 0 Å². The van der Waals surface area contributed by atoms with E-state index in [1.807, 2.05) is 0 Å². The number of aromatic nitrogens is 2. The maximum atomic E-state index is 14.2. The molecular formula is C22H13Cl2F2N3O3. The Hall–Kier alpha value is -3.49. The highest BCUT2D eigenvalue weighted by atomic mass is 35.5. The minimum atomic E-state index is -1.02. The fourth-order valence-electron chi connectivity index (χ4n) is 3.30. The van der Waals surface area contributed by atoms with E-state index >= 15 is 0 Å². The molecule has 0 spiro atoms. The van der Waals surface area contributed by atoms with Gasteiger partial charge in [-0.05, 0) is 12.1 Å². The molecule has 0 atom stereocenters. The van der Waals surface area contributed by atoms with Gasteiger partial charge in [-0.25, -0.2) is 8.78 Å². The summed E-state index contributed by atoms with van der Waals surface area (Å²) < 4.78 is 28.8. The van der Waals surface area contributed by atoms with Crippen LogP contribution in [0.3, 0.4) is 0 Å². The highest BCUT2D eigenvalue weighted by Gasteiger charge is 2.24. The number of carbonyl (C=O) groups excluding carboxylic acids is 2. The summed E-state index contributed by atoms with van der Waals surface area (Å²) in [5, 5.41) is 13.1. The summed E-state index contributed by atoms with van der Waals surface area (Å²) in [7, 11) is 0. The molecule has 0 aliphatic heterocycles. The normalized spacial score (nSPS) is 11.0. The number of aromatic hydroxyl groups is 1. The van der Waals surface area contributed by atoms with Crippen molar-refractivity contribution < 1.29 is 23.5 Å². The van der Waals surface area contributed by atoms with Crippen molar-refractivity contribution in [1.29, 1.82) is 0 Å². The van der Waals surface area contributed by atoms with E-state index in [0.29, 0.717) is 0 Å². The number of anilines is 1. The number of halogens is 4. The van der Waals surface area contributed by atoms with Crippen LogP contribution in [0.15, 0.2) is 55.0 Å². The maximum Gasteiger partial charge on any atom is 0.296 e. The summed E-state index contributed by atoms with van der Waals surface area (Å²) in [6.45, 7) is -0.114. The molecular weight excluding hydrogens is 463 g/mol. The number of hydrogen-bond donors (Lipinski definition) is 2. The van der Waals surface area contributed by atoms with Crippen LogP contribution in [0.25, 0.3) is 10.9 Å². The van der Waals surface area contributed by atoms with Crippen LogP contribution in [-0.4, -0.2) is 26.3 Å². The van der Waals surface area contributed by atoms with Crippen LogP contribution < -0.4 is 5.32 Å². The highest BCUT2D eigenvalue weighted by molar-refractivity contribution is 6.50. The summed E-state index contributed by atoms with van der Waals surface area (Å²) in [6.07, 6.45) is 3.84. The number of carbonyl (C=O) groups is 2. The van der Waals surface area contributed by atoms with Crippen LogP contribution in [-0.2, 0) is 11.3 Å². The summed E-state index contributed by atoms with van der Waals surface area (Å²) in [5.74, 6) is -3.63. The zero-order chi connectivity index (χ0) is 23.0. The van der Waals surface area contributed by atoms with E-state index in [4.69, 9.17) is 23.2 Å². The lowest BCUT2D eigenvalue weighted by atomic mass is 10.1. The number of para-hydroxylation sites is 1.